The summed E-state index contributed by atoms with van der Waals surface area (Å²) in [4.78, 5) is 11.5. The topological polar surface area (TPSA) is 55.1 Å². The molecule has 1 rings (SSSR count). The maximum atomic E-state index is 13.2. The van der Waals surface area contributed by atoms with Gasteiger partial charge in [-0.25, -0.2) is 13.2 Å². The molecule has 0 aliphatic rings. The van der Waals surface area contributed by atoms with Crippen LogP contribution in [0.2, 0.25) is 0 Å². The van der Waals surface area contributed by atoms with Gasteiger partial charge in [0, 0.05) is 18.2 Å². The summed E-state index contributed by atoms with van der Waals surface area (Å²) in [7, 11) is 0. The van der Waals surface area contributed by atoms with Crippen molar-refractivity contribution in [3.05, 3.63) is 29.6 Å². The standard InChI is InChI=1S/C11H13F3N2O/c1-5(6(2)15)11(17)16-10-4-8(13)7(12)3-9(10)14/h3-6H,15H2,1-2H3,(H,16,17). The molecule has 6 heteroatoms. The van der Waals surface area contributed by atoms with Gasteiger partial charge in [-0.05, 0) is 6.92 Å². The first-order valence-electron chi connectivity index (χ1n) is 5.04. The van der Waals surface area contributed by atoms with Crippen molar-refractivity contribution in [2.24, 2.45) is 11.7 Å². The highest BCUT2D eigenvalue weighted by atomic mass is 19.2. The van der Waals surface area contributed by atoms with Gasteiger partial charge in [0.15, 0.2) is 11.6 Å². The van der Waals surface area contributed by atoms with Crippen molar-refractivity contribution in [1.29, 1.82) is 0 Å². The number of halogens is 3. The first-order chi connectivity index (χ1) is 7.82. The Morgan fingerprint density at radius 1 is 1.18 bits per heavy atom. The van der Waals surface area contributed by atoms with E-state index < -0.39 is 41.0 Å². The van der Waals surface area contributed by atoms with Crippen LogP contribution in [0.15, 0.2) is 12.1 Å². The first kappa shape index (κ1) is 13.5. The zero-order valence-electron chi connectivity index (χ0n) is 9.43. The van der Waals surface area contributed by atoms with Gasteiger partial charge in [0.25, 0.3) is 0 Å². The van der Waals surface area contributed by atoms with Crippen molar-refractivity contribution >= 4 is 11.6 Å². The maximum Gasteiger partial charge on any atom is 0.228 e. The highest BCUT2D eigenvalue weighted by Crippen LogP contribution is 2.19. The van der Waals surface area contributed by atoms with Gasteiger partial charge in [-0.15, -0.1) is 0 Å². The second-order valence-electron chi connectivity index (χ2n) is 3.88. The van der Waals surface area contributed by atoms with E-state index >= 15 is 0 Å². The molecule has 94 valence electrons. The summed E-state index contributed by atoms with van der Waals surface area (Å²) in [5, 5.41) is 2.16. The Hall–Kier alpha value is -1.56. The van der Waals surface area contributed by atoms with E-state index in [1.807, 2.05) is 0 Å². The van der Waals surface area contributed by atoms with Crippen molar-refractivity contribution in [1.82, 2.24) is 0 Å². The molecule has 0 fully saturated rings. The highest BCUT2D eigenvalue weighted by molar-refractivity contribution is 5.92. The van der Waals surface area contributed by atoms with Crippen LogP contribution in [-0.2, 0) is 4.79 Å². The number of anilines is 1. The van der Waals surface area contributed by atoms with Crippen LogP contribution in [0.4, 0.5) is 18.9 Å². The third-order valence-corrected chi connectivity index (χ3v) is 2.47. The van der Waals surface area contributed by atoms with E-state index in [2.05, 4.69) is 5.32 Å². The SMILES string of the molecule is CC(N)C(C)C(=O)Nc1cc(F)c(F)cc1F. The van der Waals surface area contributed by atoms with E-state index in [1.54, 1.807) is 13.8 Å². The lowest BCUT2D eigenvalue weighted by atomic mass is 10.0. The summed E-state index contributed by atoms with van der Waals surface area (Å²) in [5.74, 6) is -4.68. The second-order valence-corrected chi connectivity index (χ2v) is 3.88. The Kier molecular flexibility index (Phi) is 4.11. The van der Waals surface area contributed by atoms with Crippen molar-refractivity contribution in [3.63, 3.8) is 0 Å². The monoisotopic (exact) mass is 246 g/mol. The molecule has 0 radical (unpaired) electrons. The minimum Gasteiger partial charge on any atom is -0.327 e. The number of amides is 1. The number of carbonyl (C=O) groups excluding carboxylic acids is 1. The predicted octanol–water partition coefficient (Wildman–Crippen LogP) is 2.03. The molecule has 0 saturated heterocycles. The number of carbonyl (C=O) groups is 1. The van der Waals surface area contributed by atoms with Crippen molar-refractivity contribution in [2.45, 2.75) is 19.9 Å². The highest BCUT2D eigenvalue weighted by Gasteiger charge is 2.19. The summed E-state index contributed by atoms with van der Waals surface area (Å²) >= 11 is 0. The number of rotatable bonds is 3. The molecule has 0 bridgehead atoms. The second kappa shape index (κ2) is 5.18. The van der Waals surface area contributed by atoms with Gasteiger partial charge in [0.2, 0.25) is 5.91 Å². The Bertz CT molecular complexity index is 435. The lowest BCUT2D eigenvalue weighted by molar-refractivity contribution is -0.119. The number of hydrogen-bond donors (Lipinski definition) is 2. The molecular formula is C11H13F3N2O. The molecule has 0 saturated carbocycles. The maximum absolute atomic E-state index is 13.2. The molecule has 2 unspecified atom stereocenters. The molecule has 1 aromatic carbocycles. The van der Waals surface area contributed by atoms with Crippen LogP contribution in [0, 0.1) is 23.4 Å². The van der Waals surface area contributed by atoms with Gasteiger partial charge in [-0.1, -0.05) is 6.92 Å². The van der Waals surface area contributed by atoms with Gasteiger partial charge >= 0.3 is 0 Å². The van der Waals surface area contributed by atoms with E-state index in [9.17, 15) is 18.0 Å². The Morgan fingerprint density at radius 2 is 1.71 bits per heavy atom. The predicted molar refractivity (Wildman–Crippen MR) is 57.8 cm³/mol. The lowest BCUT2D eigenvalue weighted by Gasteiger charge is -2.15. The third-order valence-electron chi connectivity index (χ3n) is 2.47. The molecule has 0 aliphatic heterocycles. The minimum absolute atomic E-state index is 0.376. The fourth-order valence-corrected chi connectivity index (χ4v) is 1.10. The van der Waals surface area contributed by atoms with Gasteiger partial charge in [-0.2, -0.15) is 0 Å². The Labute approximate surface area is 96.8 Å². The van der Waals surface area contributed by atoms with Crippen LogP contribution in [0.5, 0.6) is 0 Å². The molecule has 0 aromatic heterocycles. The van der Waals surface area contributed by atoms with Crippen LogP contribution in [0.3, 0.4) is 0 Å². The van der Waals surface area contributed by atoms with Crippen LogP contribution in [-0.4, -0.2) is 11.9 Å². The van der Waals surface area contributed by atoms with E-state index in [0.717, 1.165) is 0 Å². The van der Waals surface area contributed by atoms with E-state index in [4.69, 9.17) is 5.73 Å². The lowest BCUT2D eigenvalue weighted by Crippen LogP contribution is -2.34. The molecule has 1 amide bonds. The Morgan fingerprint density at radius 3 is 2.24 bits per heavy atom. The smallest absolute Gasteiger partial charge is 0.228 e. The summed E-state index contributed by atoms with van der Waals surface area (Å²) < 4.78 is 38.7. The molecule has 17 heavy (non-hydrogen) atoms. The molecule has 0 heterocycles. The zero-order valence-corrected chi connectivity index (χ0v) is 9.43. The molecule has 3 nitrogen and oxygen atoms in total. The van der Waals surface area contributed by atoms with Crippen molar-refractivity contribution < 1.29 is 18.0 Å². The van der Waals surface area contributed by atoms with E-state index in [1.165, 1.54) is 0 Å². The van der Waals surface area contributed by atoms with Crippen LogP contribution >= 0.6 is 0 Å². The van der Waals surface area contributed by atoms with E-state index in [-0.39, 0.29) is 0 Å². The van der Waals surface area contributed by atoms with Crippen LogP contribution < -0.4 is 11.1 Å². The third kappa shape index (κ3) is 3.20. The number of benzene rings is 1. The Balaban J connectivity index is 2.89. The van der Waals surface area contributed by atoms with Crippen molar-refractivity contribution in [2.75, 3.05) is 5.32 Å². The first-order valence-corrected chi connectivity index (χ1v) is 5.04. The molecule has 0 aliphatic carbocycles. The van der Waals surface area contributed by atoms with Crippen LogP contribution in [0.25, 0.3) is 0 Å². The van der Waals surface area contributed by atoms with E-state index in [0.29, 0.717) is 12.1 Å². The normalized spacial score (nSPS) is 14.2. The summed E-state index contributed by atoms with van der Waals surface area (Å²) in [6.07, 6.45) is 0. The summed E-state index contributed by atoms with van der Waals surface area (Å²) in [6.45, 7) is 3.17. The number of nitrogens with two attached hydrogens (primary N) is 1. The zero-order chi connectivity index (χ0) is 13.2. The van der Waals surface area contributed by atoms with Gasteiger partial charge < -0.3 is 11.1 Å². The van der Waals surface area contributed by atoms with Gasteiger partial charge in [-0.3, -0.25) is 4.79 Å². The average molecular weight is 246 g/mol. The minimum atomic E-state index is -1.30. The summed E-state index contributed by atoms with van der Waals surface area (Å²) in [6, 6.07) is 0.543. The number of nitrogens with one attached hydrogen (secondary N) is 1. The van der Waals surface area contributed by atoms with Gasteiger partial charge in [0.05, 0.1) is 11.6 Å². The number of hydrogen-bond acceptors (Lipinski definition) is 2. The molecule has 0 spiro atoms. The largest absolute Gasteiger partial charge is 0.327 e. The fraction of sp³-hybridized carbons (Fsp3) is 0.364. The molecule has 2 atom stereocenters. The molecule has 3 N–H and O–H groups in total. The summed E-state index contributed by atoms with van der Waals surface area (Å²) in [5.41, 5.74) is 5.09. The molecule has 1 aromatic rings. The van der Waals surface area contributed by atoms with Gasteiger partial charge in [0.1, 0.15) is 5.82 Å². The van der Waals surface area contributed by atoms with Crippen LogP contribution in [0.1, 0.15) is 13.8 Å². The quantitative estimate of drug-likeness (QED) is 0.802. The average Bonchev–Trinajstić information content (AvgIpc) is 2.24. The van der Waals surface area contributed by atoms with Crippen molar-refractivity contribution in [3.8, 4) is 0 Å². The fourth-order valence-electron chi connectivity index (χ4n) is 1.10. The molecular weight excluding hydrogens is 233 g/mol.